The summed E-state index contributed by atoms with van der Waals surface area (Å²) in [4.78, 5) is 39.4. The Kier molecular flexibility index (Phi) is 5.44. The van der Waals surface area contributed by atoms with E-state index in [1.165, 1.54) is 6.26 Å². The monoisotopic (exact) mass is 409 g/mol. The first kappa shape index (κ1) is 18.9. The van der Waals surface area contributed by atoms with Crippen molar-refractivity contribution in [1.29, 1.82) is 0 Å². The largest absolute Gasteiger partial charge is 0.459 e. The number of carbonyl (C=O) groups excluding carboxylic acids is 3. The van der Waals surface area contributed by atoms with Crippen LogP contribution in [0.15, 0.2) is 59.2 Å². The van der Waals surface area contributed by atoms with Gasteiger partial charge in [-0.05, 0) is 55.3 Å². The second kappa shape index (κ2) is 8.32. The third kappa shape index (κ3) is 4.38. The van der Waals surface area contributed by atoms with Crippen LogP contribution in [0.1, 0.15) is 43.4 Å². The minimum atomic E-state index is -0.378. The van der Waals surface area contributed by atoms with Crippen molar-refractivity contribution in [2.24, 2.45) is 0 Å². The topological polar surface area (TPSA) is 91.7 Å². The van der Waals surface area contributed by atoms with Crippen molar-refractivity contribution in [3.05, 3.63) is 71.0 Å². The molecule has 1 aromatic carbocycles. The Labute approximate surface area is 171 Å². The highest BCUT2D eigenvalue weighted by Gasteiger charge is 2.20. The third-order valence-corrected chi connectivity index (χ3v) is 5.57. The van der Waals surface area contributed by atoms with Crippen LogP contribution in [0.5, 0.6) is 0 Å². The van der Waals surface area contributed by atoms with Gasteiger partial charge >= 0.3 is 0 Å². The molecule has 3 aromatic rings. The van der Waals surface area contributed by atoms with E-state index in [2.05, 4.69) is 10.6 Å². The molecule has 2 aromatic heterocycles. The number of nitrogens with one attached hydrogen (secondary N) is 2. The summed E-state index contributed by atoms with van der Waals surface area (Å²) in [7, 11) is 0. The van der Waals surface area contributed by atoms with Gasteiger partial charge in [-0.3, -0.25) is 14.4 Å². The highest BCUT2D eigenvalue weighted by molar-refractivity contribution is 7.18. The molecule has 0 radical (unpaired) electrons. The number of rotatable bonds is 5. The fourth-order valence-electron chi connectivity index (χ4n) is 3.13. The van der Waals surface area contributed by atoms with E-state index in [0.717, 1.165) is 37.3 Å². The minimum absolute atomic E-state index is 0.0161. The predicted molar refractivity (Wildman–Crippen MR) is 111 cm³/mol. The molecule has 4 rings (SSSR count). The molecule has 2 N–H and O–H groups in total. The van der Waals surface area contributed by atoms with Gasteiger partial charge in [0.2, 0.25) is 0 Å². The normalized spacial score (nSPS) is 13.3. The molecule has 7 nitrogen and oxygen atoms in total. The first-order chi connectivity index (χ1) is 14.1. The first-order valence-electron chi connectivity index (χ1n) is 9.25. The highest BCUT2D eigenvalue weighted by Crippen LogP contribution is 2.24. The van der Waals surface area contributed by atoms with Crippen LogP contribution >= 0.6 is 11.3 Å². The van der Waals surface area contributed by atoms with E-state index in [-0.39, 0.29) is 23.5 Å². The quantitative estimate of drug-likeness (QED) is 0.664. The Balaban J connectivity index is 1.40. The van der Waals surface area contributed by atoms with Gasteiger partial charge < -0.3 is 20.0 Å². The van der Waals surface area contributed by atoms with Crippen molar-refractivity contribution < 1.29 is 18.8 Å². The van der Waals surface area contributed by atoms with Gasteiger partial charge in [0.25, 0.3) is 17.7 Å². The van der Waals surface area contributed by atoms with Crippen molar-refractivity contribution in [3.63, 3.8) is 0 Å². The van der Waals surface area contributed by atoms with Gasteiger partial charge in [0.15, 0.2) is 5.76 Å². The number of hydrogen-bond acceptors (Lipinski definition) is 5. The summed E-state index contributed by atoms with van der Waals surface area (Å²) in [5.74, 6) is -0.502. The number of nitrogens with zero attached hydrogens (tertiary/aromatic N) is 1. The molecule has 1 saturated heterocycles. The number of furan rings is 1. The fraction of sp³-hybridized carbons (Fsp3) is 0.190. The van der Waals surface area contributed by atoms with Gasteiger partial charge in [-0.1, -0.05) is 6.07 Å². The van der Waals surface area contributed by atoms with Crippen LogP contribution in [0.25, 0.3) is 0 Å². The van der Waals surface area contributed by atoms with Gasteiger partial charge in [0, 0.05) is 24.3 Å². The number of benzene rings is 1. The molecule has 0 atom stereocenters. The zero-order valence-electron chi connectivity index (χ0n) is 15.5. The van der Waals surface area contributed by atoms with E-state index in [1.54, 1.807) is 48.5 Å². The molecule has 3 heterocycles. The lowest BCUT2D eigenvalue weighted by Crippen LogP contribution is -2.27. The van der Waals surface area contributed by atoms with Crippen LogP contribution in [-0.4, -0.2) is 35.7 Å². The van der Waals surface area contributed by atoms with E-state index in [4.69, 9.17) is 4.42 Å². The van der Waals surface area contributed by atoms with E-state index in [1.807, 2.05) is 4.90 Å². The summed E-state index contributed by atoms with van der Waals surface area (Å²) in [6, 6.07) is 13.4. The smallest absolute Gasteiger partial charge is 0.291 e. The fourth-order valence-corrected chi connectivity index (χ4v) is 3.93. The number of carbonyl (C=O) groups is 3. The molecule has 1 aliphatic heterocycles. The molecule has 29 heavy (non-hydrogen) atoms. The summed E-state index contributed by atoms with van der Waals surface area (Å²) in [6.45, 7) is 1.55. The van der Waals surface area contributed by atoms with Gasteiger partial charge in [0.05, 0.1) is 16.1 Å². The third-order valence-electron chi connectivity index (χ3n) is 4.57. The average Bonchev–Trinajstić information content (AvgIpc) is 3.50. The lowest BCUT2D eigenvalue weighted by Gasteiger charge is -2.15. The average molecular weight is 409 g/mol. The molecule has 8 heteroatoms. The molecule has 0 spiro atoms. The number of amides is 3. The van der Waals surface area contributed by atoms with Gasteiger partial charge in [-0.15, -0.1) is 11.3 Å². The van der Waals surface area contributed by atoms with Crippen LogP contribution in [0, 0.1) is 0 Å². The molecule has 148 valence electrons. The van der Waals surface area contributed by atoms with Gasteiger partial charge in [-0.2, -0.15) is 0 Å². The maximum absolute atomic E-state index is 12.6. The number of hydrogen-bond donors (Lipinski definition) is 2. The number of likely N-dealkylation sites (tertiary alicyclic amines) is 1. The molecule has 0 aliphatic carbocycles. The maximum Gasteiger partial charge on any atom is 0.291 e. The minimum Gasteiger partial charge on any atom is -0.459 e. The van der Waals surface area contributed by atoms with Crippen LogP contribution in [-0.2, 0) is 0 Å². The Morgan fingerprint density at radius 2 is 1.76 bits per heavy atom. The standard InChI is InChI=1S/C21H19N3O4S/c25-19(16-7-4-12-28-16)23-18-9-8-17(29-18)20(26)22-15-6-3-5-14(13-15)21(27)24-10-1-2-11-24/h3-9,12-13H,1-2,10-11H2,(H,22,26)(H,23,25). The lowest BCUT2D eigenvalue weighted by atomic mass is 10.1. The summed E-state index contributed by atoms with van der Waals surface area (Å²) >= 11 is 1.16. The van der Waals surface area contributed by atoms with Crippen molar-refractivity contribution >= 4 is 39.7 Å². The van der Waals surface area contributed by atoms with Crippen LogP contribution in [0.3, 0.4) is 0 Å². The maximum atomic E-state index is 12.6. The molecule has 1 aliphatic rings. The predicted octanol–water partition coefficient (Wildman–Crippen LogP) is 4.08. The summed E-state index contributed by atoms with van der Waals surface area (Å²) in [6.07, 6.45) is 3.48. The first-order valence-corrected chi connectivity index (χ1v) is 10.1. The van der Waals surface area contributed by atoms with Crippen LogP contribution in [0.4, 0.5) is 10.7 Å². The zero-order valence-corrected chi connectivity index (χ0v) is 16.3. The van der Waals surface area contributed by atoms with Crippen molar-refractivity contribution in [1.82, 2.24) is 4.90 Å². The Bertz CT molecular complexity index is 1040. The Hall–Kier alpha value is -3.39. The summed E-state index contributed by atoms with van der Waals surface area (Å²) < 4.78 is 5.05. The molecule has 0 bridgehead atoms. The van der Waals surface area contributed by atoms with Gasteiger partial charge in [0.1, 0.15) is 0 Å². The summed E-state index contributed by atoms with van der Waals surface area (Å²) in [5, 5.41) is 6.04. The molecule has 1 fully saturated rings. The van der Waals surface area contributed by atoms with Gasteiger partial charge in [-0.25, -0.2) is 0 Å². The second-order valence-electron chi connectivity index (χ2n) is 6.63. The Morgan fingerprint density at radius 1 is 0.931 bits per heavy atom. The summed E-state index contributed by atoms with van der Waals surface area (Å²) in [5.41, 5.74) is 1.11. The van der Waals surface area contributed by atoms with E-state index < -0.39 is 0 Å². The van der Waals surface area contributed by atoms with Crippen molar-refractivity contribution in [3.8, 4) is 0 Å². The van der Waals surface area contributed by atoms with E-state index >= 15 is 0 Å². The molecule has 3 amide bonds. The number of thiophene rings is 1. The zero-order chi connectivity index (χ0) is 20.2. The van der Waals surface area contributed by atoms with Crippen LogP contribution < -0.4 is 10.6 Å². The number of anilines is 2. The Morgan fingerprint density at radius 3 is 2.52 bits per heavy atom. The lowest BCUT2D eigenvalue weighted by molar-refractivity contribution is 0.0792. The highest BCUT2D eigenvalue weighted by atomic mass is 32.1. The molecule has 0 unspecified atom stereocenters. The van der Waals surface area contributed by atoms with E-state index in [9.17, 15) is 14.4 Å². The molecular weight excluding hydrogens is 390 g/mol. The second-order valence-corrected chi connectivity index (χ2v) is 7.71. The molecular formula is C21H19N3O4S. The van der Waals surface area contributed by atoms with E-state index in [0.29, 0.717) is 21.1 Å². The molecule has 0 saturated carbocycles. The van der Waals surface area contributed by atoms with Crippen molar-refractivity contribution in [2.45, 2.75) is 12.8 Å². The SMILES string of the molecule is O=C(Nc1ccc(C(=O)Nc2cccc(C(=O)N3CCCC3)c2)s1)c1ccco1. The van der Waals surface area contributed by atoms with Crippen molar-refractivity contribution in [2.75, 3.05) is 23.7 Å². The van der Waals surface area contributed by atoms with Crippen LogP contribution in [0.2, 0.25) is 0 Å².